The Kier molecular flexibility index (Phi) is 10.3. The van der Waals surface area contributed by atoms with Crippen molar-refractivity contribution in [3.8, 4) is 0 Å². The van der Waals surface area contributed by atoms with Gasteiger partial charge < -0.3 is 24.7 Å². The molecule has 1 aromatic heterocycles. The predicted molar refractivity (Wildman–Crippen MR) is 198 cm³/mol. The lowest BCUT2D eigenvalue weighted by molar-refractivity contribution is -0.120. The lowest BCUT2D eigenvalue weighted by atomic mass is 10.1. The van der Waals surface area contributed by atoms with E-state index in [0.29, 0.717) is 38.3 Å². The Morgan fingerprint density at radius 3 is 2.10 bits per heavy atom. The highest BCUT2D eigenvalue weighted by molar-refractivity contribution is 5.97. The van der Waals surface area contributed by atoms with Crippen LogP contribution in [0.3, 0.4) is 0 Å². The van der Waals surface area contributed by atoms with Crippen molar-refractivity contribution in [1.82, 2.24) is 19.8 Å². The van der Waals surface area contributed by atoms with E-state index in [1.54, 1.807) is 4.90 Å². The zero-order chi connectivity index (χ0) is 36.3. The standard InChI is InChI=1S/C40H50N6O5/c1-39(2,3)50-37(48)45-22-10-14-33(45)35-42-31-21-18-28(24-32(31)43-35)26-44(30-12-8-7-9-13-30)25-27-16-19-29(20-17-27)41-36(47)34-15-11-23-46(34)38(49)51-40(4,5)6/h7-9,12-13,16-21,24,33-34H,10-11,14-15,22-23,25-26H2,1-6H3,(H,41,47)(H,42,43)/t33-,34?/m0/s1. The second kappa shape index (κ2) is 14.7. The zero-order valence-corrected chi connectivity index (χ0v) is 30.6. The molecule has 2 aliphatic heterocycles. The van der Waals surface area contributed by atoms with Crippen molar-refractivity contribution >= 4 is 40.5 Å². The number of imidazole rings is 1. The molecule has 11 nitrogen and oxygen atoms in total. The number of amides is 3. The number of carbonyl (C=O) groups excluding carboxylic acids is 3. The number of rotatable bonds is 8. The van der Waals surface area contributed by atoms with Gasteiger partial charge in [0.15, 0.2) is 0 Å². The van der Waals surface area contributed by atoms with E-state index >= 15 is 0 Å². The van der Waals surface area contributed by atoms with Crippen LogP contribution in [0.25, 0.3) is 11.0 Å². The molecular weight excluding hydrogens is 644 g/mol. The maximum atomic E-state index is 13.2. The molecule has 0 saturated carbocycles. The first-order valence-corrected chi connectivity index (χ1v) is 17.9. The quantitative estimate of drug-likeness (QED) is 0.191. The molecule has 6 rings (SSSR count). The first-order chi connectivity index (χ1) is 24.2. The molecule has 2 N–H and O–H groups in total. The fourth-order valence-electron chi connectivity index (χ4n) is 6.74. The Hall–Kier alpha value is -5.06. The molecule has 3 amide bonds. The number of H-pyrrole nitrogens is 1. The molecule has 2 atom stereocenters. The van der Waals surface area contributed by atoms with Gasteiger partial charge in [-0.2, -0.15) is 0 Å². The molecule has 270 valence electrons. The number of fused-ring (bicyclic) bond motifs is 1. The van der Waals surface area contributed by atoms with E-state index < -0.39 is 23.3 Å². The summed E-state index contributed by atoms with van der Waals surface area (Å²) in [4.78, 5) is 52.9. The number of aromatic amines is 1. The second-order valence-corrected chi connectivity index (χ2v) is 15.5. The number of likely N-dealkylation sites (tertiary alicyclic amines) is 2. The van der Waals surface area contributed by atoms with Crippen molar-refractivity contribution in [2.75, 3.05) is 23.3 Å². The highest BCUT2D eigenvalue weighted by Crippen LogP contribution is 2.33. The van der Waals surface area contributed by atoms with Crippen LogP contribution in [0.15, 0.2) is 72.8 Å². The number of hydrogen-bond donors (Lipinski definition) is 2. The summed E-state index contributed by atoms with van der Waals surface area (Å²) in [5.74, 6) is 0.572. The van der Waals surface area contributed by atoms with E-state index in [-0.39, 0.29) is 18.0 Å². The van der Waals surface area contributed by atoms with Gasteiger partial charge in [-0.3, -0.25) is 14.6 Å². The van der Waals surface area contributed by atoms with Crippen molar-refractivity contribution < 1.29 is 23.9 Å². The summed E-state index contributed by atoms with van der Waals surface area (Å²) in [6.45, 7) is 13.6. The van der Waals surface area contributed by atoms with Gasteiger partial charge in [0.25, 0.3) is 0 Å². The summed E-state index contributed by atoms with van der Waals surface area (Å²) in [7, 11) is 0. The van der Waals surface area contributed by atoms with E-state index in [9.17, 15) is 14.4 Å². The maximum Gasteiger partial charge on any atom is 0.410 e. The largest absolute Gasteiger partial charge is 0.444 e. The fourth-order valence-corrected chi connectivity index (χ4v) is 6.74. The summed E-state index contributed by atoms with van der Waals surface area (Å²) < 4.78 is 11.2. The van der Waals surface area contributed by atoms with Crippen LogP contribution in [0, 0.1) is 0 Å². The van der Waals surface area contributed by atoms with Crippen LogP contribution in [-0.2, 0) is 27.4 Å². The van der Waals surface area contributed by atoms with Gasteiger partial charge in [-0.15, -0.1) is 0 Å². The molecule has 3 aromatic carbocycles. The third-order valence-electron chi connectivity index (χ3n) is 9.03. The minimum absolute atomic E-state index is 0.147. The van der Waals surface area contributed by atoms with Gasteiger partial charge in [0.05, 0.1) is 17.1 Å². The maximum absolute atomic E-state index is 13.2. The first kappa shape index (κ1) is 35.8. The molecule has 0 radical (unpaired) electrons. The second-order valence-electron chi connectivity index (χ2n) is 15.5. The molecule has 1 unspecified atom stereocenters. The Morgan fingerprint density at radius 2 is 1.41 bits per heavy atom. The minimum Gasteiger partial charge on any atom is -0.444 e. The van der Waals surface area contributed by atoms with Gasteiger partial charge in [0, 0.05) is 37.6 Å². The van der Waals surface area contributed by atoms with Crippen molar-refractivity contribution in [2.24, 2.45) is 0 Å². The summed E-state index contributed by atoms with van der Waals surface area (Å²) in [6, 6.07) is 23.7. The van der Waals surface area contributed by atoms with Crippen molar-refractivity contribution in [3.63, 3.8) is 0 Å². The fraction of sp³-hybridized carbons (Fsp3) is 0.450. The van der Waals surface area contributed by atoms with E-state index in [1.165, 1.54) is 4.90 Å². The predicted octanol–water partition coefficient (Wildman–Crippen LogP) is 8.18. The van der Waals surface area contributed by atoms with Crippen LogP contribution in [0.4, 0.5) is 21.0 Å². The summed E-state index contributed by atoms with van der Waals surface area (Å²) in [6.07, 6.45) is 2.33. The Bertz CT molecular complexity index is 1840. The molecule has 0 spiro atoms. The van der Waals surface area contributed by atoms with Gasteiger partial charge >= 0.3 is 12.2 Å². The third kappa shape index (κ3) is 9.00. The lowest BCUT2D eigenvalue weighted by Crippen LogP contribution is -2.45. The van der Waals surface area contributed by atoms with Gasteiger partial charge in [0.1, 0.15) is 23.1 Å². The van der Waals surface area contributed by atoms with E-state index in [2.05, 4.69) is 39.5 Å². The van der Waals surface area contributed by atoms with Crippen molar-refractivity contribution in [2.45, 2.75) is 104 Å². The minimum atomic E-state index is -0.623. The van der Waals surface area contributed by atoms with Crippen LogP contribution in [0.1, 0.15) is 90.2 Å². The Morgan fingerprint density at radius 1 is 0.804 bits per heavy atom. The molecule has 51 heavy (non-hydrogen) atoms. The Labute approximate surface area is 300 Å². The smallest absolute Gasteiger partial charge is 0.410 e. The van der Waals surface area contributed by atoms with Gasteiger partial charge in [0.2, 0.25) is 5.91 Å². The zero-order valence-electron chi connectivity index (χ0n) is 30.6. The van der Waals surface area contributed by atoms with Crippen LogP contribution in [-0.4, -0.2) is 68.2 Å². The van der Waals surface area contributed by atoms with Gasteiger partial charge in [-0.05, 0) is 115 Å². The molecule has 0 aliphatic carbocycles. The van der Waals surface area contributed by atoms with Crippen LogP contribution >= 0.6 is 0 Å². The lowest BCUT2D eigenvalue weighted by Gasteiger charge is -2.28. The van der Waals surface area contributed by atoms with Gasteiger partial charge in [-0.25, -0.2) is 14.6 Å². The van der Waals surface area contributed by atoms with Crippen LogP contribution in [0.2, 0.25) is 0 Å². The molecule has 0 bridgehead atoms. The number of aromatic nitrogens is 2. The third-order valence-corrected chi connectivity index (χ3v) is 9.03. The normalized spacial score (nSPS) is 17.8. The first-order valence-electron chi connectivity index (χ1n) is 17.9. The number of nitrogens with zero attached hydrogens (tertiary/aromatic N) is 4. The van der Waals surface area contributed by atoms with Crippen molar-refractivity contribution in [1.29, 1.82) is 0 Å². The average Bonchev–Trinajstić information content (AvgIpc) is 3.84. The summed E-state index contributed by atoms with van der Waals surface area (Å²) in [5, 5.41) is 3.00. The summed E-state index contributed by atoms with van der Waals surface area (Å²) in [5.41, 5.74) is 4.58. The van der Waals surface area contributed by atoms with E-state index in [1.807, 2.05) is 90.1 Å². The van der Waals surface area contributed by atoms with E-state index in [0.717, 1.165) is 52.9 Å². The number of benzene rings is 3. The van der Waals surface area contributed by atoms with E-state index in [4.69, 9.17) is 14.5 Å². The molecule has 2 aliphatic rings. The topological polar surface area (TPSA) is 120 Å². The molecular formula is C40H50N6O5. The highest BCUT2D eigenvalue weighted by atomic mass is 16.6. The highest BCUT2D eigenvalue weighted by Gasteiger charge is 2.37. The van der Waals surface area contributed by atoms with Crippen LogP contribution < -0.4 is 10.2 Å². The number of para-hydroxylation sites is 1. The van der Waals surface area contributed by atoms with Crippen LogP contribution in [0.5, 0.6) is 0 Å². The number of nitrogens with one attached hydrogen (secondary N) is 2. The number of ether oxygens (including phenoxy) is 2. The SMILES string of the molecule is CC(C)(C)OC(=O)N1CCCC1C(=O)Nc1ccc(CN(Cc2ccc3nc([C@@H]4CCCN4C(=O)OC(C)(C)C)[nH]c3c2)c2ccccc2)cc1. The Balaban J connectivity index is 1.13. The molecule has 11 heteroatoms. The molecule has 4 aromatic rings. The number of hydrogen-bond acceptors (Lipinski definition) is 7. The number of anilines is 2. The molecule has 3 heterocycles. The monoisotopic (exact) mass is 694 g/mol. The average molecular weight is 695 g/mol. The molecule has 2 fully saturated rings. The summed E-state index contributed by atoms with van der Waals surface area (Å²) >= 11 is 0. The number of carbonyl (C=O) groups is 3. The molecule has 2 saturated heterocycles. The van der Waals surface area contributed by atoms with Gasteiger partial charge in [-0.1, -0.05) is 36.4 Å². The van der Waals surface area contributed by atoms with Crippen molar-refractivity contribution in [3.05, 3.63) is 89.7 Å².